The fourth-order valence-corrected chi connectivity index (χ4v) is 5.15. The van der Waals surface area contributed by atoms with Gasteiger partial charge in [0.15, 0.2) is 0 Å². The first-order valence-corrected chi connectivity index (χ1v) is 17.7. The summed E-state index contributed by atoms with van der Waals surface area (Å²) in [7, 11) is 0. The molecule has 0 aliphatic heterocycles. The summed E-state index contributed by atoms with van der Waals surface area (Å²) in [6, 6.07) is 0. The van der Waals surface area contributed by atoms with E-state index in [2.05, 4.69) is 24.3 Å². The Balaban J connectivity index is 3.10. The van der Waals surface area contributed by atoms with Crippen LogP contribution in [0.15, 0.2) is 24.3 Å². The topological polar surface area (TPSA) is 61.3 Å². The molecule has 3 heteroatoms. The molecule has 0 atom stereocenters. The van der Waals surface area contributed by atoms with E-state index in [0.717, 1.165) is 26.3 Å². The largest absolute Gasteiger partial charge is 0.381 e. The quantitative estimate of drug-likeness (QED) is 0.0621. The monoisotopic (exact) mass is 549 g/mol. The van der Waals surface area contributed by atoms with Gasteiger partial charge in [-0.1, -0.05) is 127 Å². The molecular weight excluding hydrogens is 476 g/mol. The SMILES string of the molecule is NCCCCCCCC/C=C\CCCCCCCCOCCCCCCCC/C=C\CCCCCCCCN. The molecule has 4 N–H and O–H groups in total. The number of ether oxygens (including phenoxy) is 1. The van der Waals surface area contributed by atoms with Crippen molar-refractivity contribution in [3.05, 3.63) is 24.3 Å². The zero-order chi connectivity index (χ0) is 28.2. The van der Waals surface area contributed by atoms with Crippen LogP contribution in [0.4, 0.5) is 0 Å². The molecule has 0 unspecified atom stereocenters. The van der Waals surface area contributed by atoms with E-state index < -0.39 is 0 Å². The summed E-state index contributed by atoms with van der Waals surface area (Å²) in [5.41, 5.74) is 11.1. The highest BCUT2D eigenvalue weighted by atomic mass is 16.5. The maximum absolute atomic E-state index is 5.85. The van der Waals surface area contributed by atoms with Gasteiger partial charge in [0.05, 0.1) is 0 Å². The number of unbranched alkanes of at least 4 members (excludes halogenated alkanes) is 24. The third-order valence-electron chi connectivity index (χ3n) is 7.80. The molecule has 39 heavy (non-hydrogen) atoms. The van der Waals surface area contributed by atoms with Gasteiger partial charge in [0, 0.05) is 13.2 Å². The van der Waals surface area contributed by atoms with E-state index in [9.17, 15) is 0 Å². The van der Waals surface area contributed by atoms with Crippen LogP contribution in [-0.2, 0) is 4.74 Å². The lowest BCUT2D eigenvalue weighted by atomic mass is 10.1. The first-order valence-electron chi connectivity index (χ1n) is 17.7. The van der Waals surface area contributed by atoms with Crippen molar-refractivity contribution in [3.8, 4) is 0 Å². The summed E-state index contributed by atoms with van der Waals surface area (Å²) < 4.78 is 5.85. The molecule has 0 rings (SSSR count). The van der Waals surface area contributed by atoms with Crippen LogP contribution in [0.3, 0.4) is 0 Å². The molecule has 0 bridgehead atoms. The molecular formula is C36H72N2O. The predicted octanol–water partition coefficient (Wildman–Crippen LogP) is 11.0. The van der Waals surface area contributed by atoms with Crippen molar-refractivity contribution in [2.24, 2.45) is 11.5 Å². The number of nitrogens with two attached hydrogens (primary N) is 2. The second-order valence-corrected chi connectivity index (χ2v) is 11.8. The van der Waals surface area contributed by atoms with Gasteiger partial charge in [0.2, 0.25) is 0 Å². The van der Waals surface area contributed by atoms with Gasteiger partial charge >= 0.3 is 0 Å². The van der Waals surface area contributed by atoms with Gasteiger partial charge in [-0.2, -0.15) is 0 Å². The third kappa shape index (κ3) is 37.4. The molecule has 0 aliphatic carbocycles. The normalized spacial score (nSPS) is 11.9. The van der Waals surface area contributed by atoms with Gasteiger partial charge in [-0.25, -0.2) is 0 Å². The van der Waals surface area contributed by atoms with Crippen molar-refractivity contribution in [2.45, 2.75) is 180 Å². The molecule has 0 heterocycles. The molecule has 0 spiro atoms. The van der Waals surface area contributed by atoms with Crippen molar-refractivity contribution in [1.29, 1.82) is 0 Å². The van der Waals surface area contributed by atoms with Gasteiger partial charge in [-0.3, -0.25) is 0 Å². The first-order chi connectivity index (χ1) is 19.4. The molecule has 0 saturated carbocycles. The molecule has 0 aliphatic rings. The fraction of sp³-hybridized carbons (Fsp3) is 0.889. The van der Waals surface area contributed by atoms with Crippen molar-refractivity contribution in [3.63, 3.8) is 0 Å². The lowest BCUT2D eigenvalue weighted by Crippen LogP contribution is -1.97. The van der Waals surface area contributed by atoms with Crippen molar-refractivity contribution >= 4 is 0 Å². The summed E-state index contributed by atoms with van der Waals surface area (Å²) in [6.07, 6.45) is 46.9. The van der Waals surface area contributed by atoms with E-state index >= 15 is 0 Å². The summed E-state index contributed by atoms with van der Waals surface area (Å²) >= 11 is 0. The molecule has 0 fully saturated rings. The number of rotatable bonds is 34. The second kappa shape index (κ2) is 37.4. The highest BCUT2D eigenvalue weighted by molar-refractivity contribution is 4.82. The van der Waals surface area contributed by atoms with Crippen LogP contribution >= 0.6 is 0 Å². The molecule has 3 nitrogen and oxygen atoms in total. The molecule has 232 valence electrons. The standard InChI is InChI=1S/C36H72N2O/c37-33-29-25-21-17-13-9-5-1-3-7-11-15-19-23-27-31-35-39-36-32-28-24-20-16-12-8-4-2-6-10-14-18-22-26-30-34-38/h1-4H,5-38H2/b3-1-,4-2-. The minimum absolute atomic E-state index is 0.855. The smallest absolute Gasteiger partial charge is 0.0466 e. The van der Waals surface area contributed by atoms with Crippen LogP contribution in [0.5, 0.6) is 0 Å². The third-order valence-corrected chi connectivity index (χ3v) is 7.80. The van der Waals surface area contributed by atoms with E-state index in [1.54, 1.807) is 0 Å². The molecule has 0 aromatic heterocycles. The van der Waals surface area contributed by atoms with Gasteiger partial charge < -0.3 is 16.2 Å². The van der Waals surface area contributed by atoms with Crippen LogP contribution in [-0.4, -0.2) is 26.3 Å². The second-order valence-electron chi connectivity index (χ2n) is 11.8. The molecule has 0 radical (unpaired) electrons. The number of hydrogen-bond acceptors (Lipinski definition) is 3. The maximum Gasteiger partial charge on any atom is 0.0466 e. The average molecular weight is 549 g/mol. The highest BCUT2D eigenvalue weighted by Crippen LogP contribution is 2.12. The maximum atomic E-state index is 5.85. The Morgan fingerprint density at radius 2 is 0.513 bits per heavy atom. The van der Waals surface area contributed by atoms with Gasteiger partial charge in [-0.15, -0.1) is 0 Å². The Labute approximate surface area is 246 Å². The number of hydrogen-bond donors (Lipinski definition) is 2. The van der Waals surface area contributed by atoms with Crippen molar-refractivity contribution < 1.29 is 4.74 Å². The zero-order valence-electron chi connectivity index (χ0n) is 26.5. The Morgan fingerprint density at radius 3 is 0.795 bits per heavy atom. The van der Waals surface area contributed by atoms with E-state index in [-0.39, 0.29) is 0 Å². The minimum Gasteiger partial charge on any atom is -0.381 e. The van der Waals surface area contributed by atoms with Crippen LogP contribution < -0.4 is 11.5 Å². The van der Waals surface area contributed by atoms with Crippen molar-refractivity contribution in [2.75, 3.05) is 26.3 Å². The minimum atomic E-state index is 0.855. The van der Waals surface area contributed by atoms with Gasteiger partial charge in [0.25, 0.3) is 0 Å². The van der Waals surface area contributed by atoms with Crippen LogP contribution in [0.25, 0.3) is 0 Å². The highest BCUT2D eigenvalue weighted by Gasteiger charge is 1.95. The van der Waals surface area contributed by atoms with E-state index in [1.807, 2.05) is 0 Å². The lowest BCUT2D eigenvalue weighted by molar-refractivity contribution is 0.125. The molecule has 0 saturated heterocycles. The summed E-state index contributed by atoms with van der Waals surface area (Å²) in [5, 5.41) is 0. The Bertz CT molecular complexity index is 435. The van der Waals surface area contributed by atoms with E-state index in [4.69, 9.17) is 16.2 Å². The van der Waals surface area contributed by atoms with E-state index in [1.165, 1.54) is 180 Å². The average Bonchev–Trinajstić information content (AvgIpc) is 2.95. The Hall–Kier alpha value is -0.640. The molecule has 0 aromatic carbocycles. The number of allylic oxidation sites excluding steroid dienone is 4. The summed E-state index contributed by atoms with van der Waals surface area (Å²) in [5.74, 6) is 0. The van der Waals surface area contributed by atoms with Crippen LogP contribution in [0, 0.1) is 0 Å². The Kier molecular flexibility index (Phi) is 36.7. The summed E-state index contributed by atoms with van der Waals surface area (Å²) in [4.78, 5) is 0. The first kappa shape index (κ1) is 38.4. The molecule has 0 aromatic rings. The predicted molar refractivity (Wildman–Crippen MR) is 176 cm³/mol. The van der Waals surface area contributed by atoms with Crippen molar-refractivity contribution in [1.82, 2.24) is 0 Å². The van der Waals surface area contributed by atoms with Crippen LogP contribution in [0.1, 0.15) is 180 Å². The van der Waals surface area contributed by atoms with Gasteiger partial charge in [-0.05, 0) is 90.1 Å². The lowest BCUT2D eigenvalue weighted by Gasteiger charge is -2.05. The van der Waals surface area contributed by atoms with E-state index in [0.29, 0.717) is 0 Å². The Morgan fingerprint density at radius 1 is 0.282 bits per heavy atom. The van der Waals surface area contributed by atoms with Crippen LogP contribution in [0.2, 0.25) is 0 Å². The van der Waals surface area contributed by atoms with Gasteiger partial charge in [0.1, 0.15) is 0 Å². The zero-order valence-corrected chi connectivity index (χ0v) is 26.5. The fourth-order valence-electron chi connectivity index (χ4n) is 5.15. The summed E-state index contributed by atoms with van der Waals surface area (Å²) in [6.45, 7) is 3.65. The molecule has 0 amide bonds.